The average Bonchev–Trinajstić information content (AvgIpc) is 2.39. The number of benzene rings is 1. The fourth-order valence-corrected chi connectivity index (χ4v) is 2.17. The summed E-state index contributed by atoms with van der Waals surface area (Å²) in [6.07, 6.45) is 0.793. The van der Waals surface area contributed by atoms with E-state index in [1.54, 1.807) is 0 Å². The molecule has 0 fully saturated rings. The molecule has 19 heavy (non-hydrogen) atoms. The van der Waals surface area contributed by atoms with Crippen LogP contribution in [-0.2, 0) is 11.8 Å². The van der Waals surface area contributed by atoms with Crippen molar-refractivity contribution in [1.29, 1.82) is 0 Å². The number of rotatable bonds is 4. The van der Waals surface area contributed by atoms with Crippen LogP contribution in [0.5, 0.6) is 0 Å². The smallest absolute Gasteiger partial charge is 0.138 e. The third-order valence-electron chi connectivity index (χ3n) is 3.36. The Hall–Kier alpha value is -1.74. The summed E-state index contributed by atoms with van der Waals surface area (Å²) in [6.45, 7) is 6.93. The van der Waals surface area contributed by atoms with Gasteiger partial charge in [0.2, 0.25) is 0 Å². The molecule has 0 saturated carbocycles. The van der Waals surface area contributed by atoms with Crippen molar-refractivity contribution in [3.63, 3.8) is 0 Å². The standard InChI is InChI=1S/C16H21N3/c1-12-11-14(9-10-17)19-15(18-12)16(2,3)13-7-5-4-6-8-13/h4-8,11H,9-10,17H2,1-3H3. The van der Waals surface area contributed by atoms with Crippen molar-refractivity contribution >= 4 is 0 Å². The van der Waals surface area contributed by atoms with E-state index in [-0.39, 0.29) is 5.41 Å². The number of nitrogens with two attached hydrogens (primary N) is 1. The molecule has 2 N–H and O–H groups in total. The Bertz CT molecular complexity index is 547. The van der Waals surface area contributed by atoms with E-state index in [0.29, 0.717) is 6.54 Å². The Morgan fingerprint density at radius 1 is 1.11 bits per heavy atom. The lowest BCUT2D eigenvalue weighted by Gasteiger charge is -2.24. The quantitative estimate of drug-likeness (QED) is 0.913. The lowest BCUT2D eigenvalue weighted by Crippen LogP contribution is -2.23. The number of aromatic nitrogens is 2. The summed E-state index contributed by atoms with van der Waals surface area (Å²) in [5.74, 6) is 0.863. The fraction of sp³-hybridized carbons (Fsp3) is 0.375. The second-order valence-electron chi connectivity index (χ2n) is 5.35. The highest BCUT2D eigenvalue weighted by Gasteiger charge is 2.26. The van der Waals surface area contributed by atoms with E-state index >= 15 is 0 Å². The van der Waals surface area contributed by atoms with Gasteiger partial charge in [-0.1, -0.05) is 30.3 Å². The summed E-state index contributed by atoms with van der Waals surface area (Å²) in [5.41, 5.74) is 8.66. The van der Waals surface area contributed by atoms with Crippen LogP contribution < -0.4 is 5.73 Å². The summed E-state index contributed by atoms with van der Waals surface area (Å²) in [5, 5.41) is 0. The van der Waals surface area contributed by atoms with E-state index in [1.165, 1.54) is 5.56 Å². The molecule has 0 unspecified atom stereocenters. The van der Waals surface area contributed by atoms with Gasteiger partial charge in [0.25, 0.3) is 0 Å². The van der Waals surface area contributed by atoms with Crippen LogP contribution in [0, 0.1) is 6.92 Å². The highest BCUT2D eigenvalue weighted by Crippen LogP contribution is 2.28. The third kappa shape index (κ3) is 2.99. The van der Waals surface area contributed by atoms with Gasteiger partial charge in [0, 0.05) is 23.2 Å². The first-order valence-electron chi connectivity index (χ1n) is 6.64. The number of hydrogen-bond donors (Lipinski definition) is 1. The first-order chi connectivity index (χ1) is 9.04. The van der Waals surface area contributed by atoms with Crippen molar-refractivity contribution in [2.45, 2.75) is 32.6 Å². The summed E-state index contributed by atoms with van der Waals surface area (Å²) in [7, 11) is 0. The Morgan fingerprint density at radius 3 is 2.42 bits per heavy atom. The first kappa shape index (κ1) is 13.7. The molecule has 1 aromatic heterocycles. The summed E-state index contributed by atoms with van der Waals surface area (Å²) < 4.78 is 0. The molecule has 2 rings (SSSR count). The number of nitrogens with zero attached hydrogens (tertiary/aromatic N) is 2. The van der Waals surface area contributed by atoms with Crippen molar-refractivity contribution in [3.8, 4) is 0 Å². The predicted molar refractivity (Wildman–Crippen MR) is 78.1 cm³/mol. The molecule has 2 aromatic rings. The average molecular weight is 255 g/mol. The van der Waals surface area contributed by atoms with Gasteiger partial charge in [-0.25, -0.2) is 9.97 Å². The van der Waals surface area contributed by atoms with Crippen molar-refractivity contribution in [3.05, 3.63) is 59.2 Å². The molecule has 0 aliphatic carbocycles. The summed E-state index contributed by atoms with van der Waals surface area (Å²) in [6, 6.07) is 12.4. The molecule has 100 valence electrons. The van der Waals surface area contributed by atoms with Crippen LogP contribution in [0.25, 0.3) is 0 Å². The molecule has 0 aliphatic rings. The molecule has 1 aromatic carbocycles. The molecule has 0 atom stereocenters. The molecule has 0 saturated heterocycles. The molecule has 0 spiro atoms. The molecular weight excluding hydrogens is 234 g/mol. The van der Waals surface area contributed by atoms with Gasteiger partial charge in [0.1, 0.15) is 5.82 Å². The second-order valence-corrected chi connectivity index (χ2v) is 5.35. The van der Waals surface area contributed by atoms with Gasteiger partial charge in [-0.3, -0.25) is 0 Å². The van der Waals surface area contributed by atoms with Crippen LogP contribution in [0.2, 0.25) is 0 Å². The van der Waals surface area contributed by atoms with Gasteiger partial charge in [-0.15, -0.1) is 0 Å². The highest BCUT2D eigenvalue weighted by atomic mass is 14.9. The van der Waals surface area contributed by atoms with Gasteiger partial charge in [0.15, 0.2) is 0 Å². The van der Waals surface area contributed by atoms with E-state index in [1.807, 2.05) is 31.2 Å². The lowest BCUT2D eigenvalue weighted by molar-refractivity contribution is 0.581. The minimum absolute atomic E-state index is 0.198. The molecule has 0 amide bonds. The van der Waals surface area contributed by atoms with Gasteiger partial charge in [-0.2, -0.15) is 0 Å². The van der Waals surface area contributed by atoms with Crippen LogP contribution in [0.1, 0.15) is 36.6 Å². The Labute approximate surface area is 114 Å². The van der Waals surface area contributed by atoms with E-state index in [2.05, 4.69) is 35.9 Å². The Kier molecular flexibility index (Phi) is 3.96. The SMILES string of the molecule is Cc1cc(CCN)nc(C(C)(C)c2ccccc2)n1. The van der Waals surface area contributed by atoms with Crippen LogP contribution in [0.15, 0.2) is 36.4 Å². The van der Waals surface area contributed by atoms with Crippen molar-refractivity contribution in [2.24, 2.45) is 5.73 Å². The van der Waals surface area contributed by atoms with Crippen molar-refractivity contribution in [1.82, 2.24) is 9.97 Å². The largest absolute Gasteiger partial charge is 0.330 e. The molecule has 0 bridgehead atoms. The van der Waals surface area contributed by atoms with E-state index in [9.17, 15) is 0 Å². The van der Waals surface area contributed by atoms with Gasteiger partial charge in [-0.05, 0) is 38.9 Å². The third-order valence-corrected chi connectivity index (χ3v) is 3.36. The number of hydrogen-bond acceptors (Lipinski definition) is 3. The van der Waals surface area contributed by atoms with Crippen LogP contribution in [0.3, 0.4) is 0 Å². The van der Waals surface area contributed by atoms with E-state index < -0.39 is 0 Å². The molecular formula is C16H21N3. The predicted octanol–water partition coefficient (Wildman–Crippen LogP) is 2.61. The summed E-state index contributed by atoms with van der Waals surface area (Å²) >= 11 is 0. The van der Waals surface area contributed by atoms with Crippen LogP contribution in [-0.4, -0.2) is 16.5 Å². The zero-order chi connectivity index (χ0) is 13.9. The number of aryl methyl sites for hydroxylation is 1. The maximum absolute atomic E-state index is 5.62. The van der Waals surface area contributed by atoms with Gasteiger partial charge in [0.05, 0.1) is 0 Å². The topological polar surface area (TPSA) is 51.8 Å². The van der Waals surface area contributed by atoms with Crippen LogP contribution in [0.4, 0.5) is 0 Å². The monoisotopic (exact) mass is 255 g/mol. The highest BCUT2D eigenvalue weighted by molar-refractivity contribution is 5.31. The maximum atomic E-state index is 5.62. The van der Waals surface area contributed by atoms with Crippen LogP contribution >= 0.6 is 0 Å². The first-order valence-corrected chi connectivity index (χ1v) is 6.64. The second kappa shape index (κ2) is 5.49. The van der Waals surface area contributed by atoms with Gasteiger partial charge >= 0.3 is 0 Å². The normalized spacial score (nSPS) is 11.6. The van der Waals surface area contributed by atoms with Crippen molar-refractivity contribution in [2.75, 3.05) is 6.54 Å². The summed E-state index contributed by atoms with van der Waals surface area (Å²) in [4.78, 5) is 9.29. The Morgan fingerprint density at radius 2 is 1.79 bits per heavy atom. The molecule has 0 radical (unpaired) electrons. The lowest BCUT2D eigenvalue weighted by atomic mass is 9.83. The fourth-order valence-electron chi connectivity index (χ4n) is 2.17. The Balaban J connectivity index is 2.45. The minimum Gasteiger partial charge on any atom is -0.330 e. The molecule has 0 aliphatic heterocycles. The minimum atomic E-state index is -0.198. The molecule has 3 nitrogen and oxygen atoms in total. The molecule has 1 heterocycles. The zero-order valence-corrected chi connectivity index (χ0v) is 11.9. The maximum Gasteiger partial charge on any atom is 0.138 e. The molecule has 3 heteroatoms. The van der Waals surface area contributed by atoms with Gasteiger partial charge < -0.3 is 5.73 Å². The van der Waals surface area contributed by atoms with E-state index in [0.717, 1.165) is 23.6 Å². The van der Waals surface area contributed by atoms with E-state index in [4.69, 9.17) is 5.73 Å². The van der Waals surface area contributed by atoms with Crippen molar-refractivity contribution < 1.29 is 0 Å². The zero-order valence-electron chi connectivity index (χ0n) is 11.9.